The van der Waals surface area contributed by atoms with E-state index in [0.29, 0.717) is 12.8 Å². The van der Waals surface area contributed by atoms with Gasteiger partial charge in [-0.15, -0.1) is 0 Å². The Morgan fingerprint density at radius 2 is 1.05 bits per heavy atom. The summed E-state index contributed by atoms with van der Waals surface area (Å²) in [6.45, 7) is -3.06. The van der Waals surface area contributed by atoms with Crippen LogP contribution in [0, 0.1) is 0 Å². The minimum Gasteiger partial charge on any atom is -0.480 e. The van der Waals surface area contributed by atoms with Crippen molar-refractivity contribution in [1.82, 2.24) is 36.2 Å². The fourth-order valence-electron chi connectivity index (χ4n) is 5.63. The van der Waals surface area contributed by atoms with Crippen LogP contribution in [0.4, 0.5) is 0 Å². The number of carbonyl (C=O) groups is 8. The summed E-state index contributed by atoms with van der Waals surface area (Å²) in [5.41, 5.74) is 12.4. The average molecular weight is 861 g/mol. The summed E-state index contributed by atoms with van der Waals surface area (Å²) in [5, 5.41) is 41.8. The van der Waals surface area contributed by atoms with Crippen LogP contribution in [-0.4, -0.2) is 187 Å². The summed E-state index contributed by atoms with van der Waals surface area (Å²) in [6.07, 6.45) is 1.02. The molecule has 0 aliphatic heterocycles. The molecule has 2 aromatic rings. The van der Waals surface area contributed by atoms with Gasteiger partial charge in [0.2, 0.25) is 11.8 Å². The summed E-state index contributed by atoms with van der Waals surface area (Å²) in [6, 6.07) is 16.4. The van der Waals surface area contributed by atoms with Crippen molar-refractivity contribution in [2.45, 2.75) is 31.3 Å². The number of ether oxygens (including phenoxy) is 2. The Morgan fingerprint density at radius 3 is 1.57 bits per heavy atom. The first kappa shape index (κ1) is 51.1. The van der Waals surface area contributed by atoms with Crippen LogP contribution in [0.3, 0.4) is 0 Å². The van der Waals surface area contributed by atoms with E-state index in [4.69, 9.17) is 35.6 Å². The lowest BCUT2D eigenvalue weighted by Crippen LogP contribution is -2.56. The number of amides is 4. The SMILES string of the molecule is NC(CCc1ccccc1)C(=O)NNC(=O)[C@@H](Cc1ccccc1)NC(=O)COCCOCCNC(=O)CN(CCN(CC(=O)O)CC(=O)O)CCN(CC(=O)O)CC(=O)O. The fraction of sp³-hybridized carbons (Fsp3) is 0.487. The molecule has 0 aliphatic carbocycles. The maximum absolute atomic E-state index is 13.1. The molecule has 336 valence electrons. The topological polar surface area (TPSA) is 320 Å². The Bertz CT molecular complexity index is 1630. The van der Waals surface area contributed by atoms with Crippen LogP contribution >= 0.6 is 0 Å². The minimum absolute atomic E-state index is 0.00188. The van der Waals surface area contributed by atoms with Crippen molar-refractivity contribution in [2.24, 2.45) is 5.73 Å². The third kappa shape index (κ3) is 24.6. The standard InChI is InChI=1S/C39H56N8O14/c40-30(12-11-28-7-3-1-4-8-28)38(58)43-44-39(59)31(21-29-9-5-2-6-10-29)42-33(49)27-61-20-19-60-18-13-41-32(48)22-45(14-16-46(23-34(50)51)24-35(52)53)15-17-47(25-36(54)55)26-37(56)57/h1-10,30-31H,11-27,40H2,(H,41,48)(H,42,49)(H,43,58)(H,44,59)(H,50,51)(H,52,53)(H,54,55)(H,56,57)/t30?,31-/m1/s1. The molecule has 4 amide bonds. The molecule has 0 bridgehead atoms. The summed E-state index contributed by atoms with van der Waals surface area (Å²) >= 11 is 0. The van der Waals surface area contributed by atoms with Crippen LogP contribution in [-0.2, 0) is 60.7 Å². The molecule has 0 aliphatic rings. The van der Waals surface area contributed by atoms with Gasteiger partial charge in [-0.05, 0) is 24.0 Å². The van der Waals surface area contributed by atoms with E-state index >= 15 is 0 Å². The second-order valence-electron chi connectivity index (χ2n) is 13.7. The molecule has 2 rings (SSSR count). The van der Waals surface area contributed by atoms with Crippen LogP contribution in [0.25, 0.3) is 0 Å². The highest BCUT2D eigenvalue weighted by Crippen LogP contribution is 2.06. The second-order valence-corrected chi connectivity index (χ2v) is 13.7. The number of carboxylic acids is 4. The molecule has 10 N–H and O–H groups in total. The maximum Gasteiger partial charge on any atom is 0.317 e. The van der Waals surface area contributed by atoms with Crippen LogP contribution in [0.2, 0.25) is 0 Å². The van der Waals surface area contributed by atoms with E-state index < -0.39 is 92.4 Å². The number of carbonyl (C=O) groups excluding carboxylic acids is 4. The van der Waals surface area contributed by atoms with Gasteiger partial charge in [0, 0.05) is 39.1 Å². The molecule has 0 spiro atoms. The van der Waals surface area contributed by atoms with Gasteiger partial charge in [-0.2, -0.15) is 0 Å². The third-order valence-corrected chi connectivity index (χ3v) is 8.61. The van der Waals surface area contributed by atoms with E-state index in [-0.39, 0.29) is 65.5 Å². The first-order chi connectivity index (χ1) is 29.1. The van der Waals surface area contributed by atoms with E-state index in [9.17, 15) is 38.4 Å². The summed E-state index contributed by atoms with van der Waals surface area (Å²) in [4.78, 5) is 99.8. The highest BCUT2D eigenvalue weighted by atomic mass is 16.5. The van der Waals surface area contributed by atoms with Crippen LogP contribution < -0.4 is 27.2 Å². The smallest absolute Gasteiger partial charge is 0.317 e. The Labute approximate surface area is 352 Å². The number of nitrogens with zero attached hydrogens (tertiary/aromatic N) is 3. The lowest BCUT2D eigenvalue weighted by Gasteiger charge is -2.28. The third-order valence-electron chi connectivity index (χ3n) is 8.61. The molecule has 0 aromatic heterocycles. The maximum atomic E-state index is 13.1. The number of hydrazine groups is 1. The van der Waals surface area contributed by atoms with E-state index in [1.807, 2.05) is 30.3 Å². The quantitative estimate of drug-likeness (QED) is 0.0265. The molecule has 22 heteroatoms. The van der Waals surface area contributed by atoms with E-state index in [2.05, 4.69) is 21.5 Å². The van der Waals surface area contributed by atoms with Gasteiger partial charge in [0.05, 0.1) is 58.6 Å². The normalized spacial score (nSPS) is 12.1. The Kier molecular flexibility index (Phi) is 24.5. The zero-order chi connectivity index (χ0) is 45.0. The van der Waals surface area contributed by atoms with Crippen molar-refractivity contribution in [1.29, 1.82) is 0 Å². The number of nitrogens with two attached hydrogens (primary N) is 1. The predicted molar refractivity (Wildman–Crippen MR) is 216 cm³/mol. The number of nitrogens with one attached hydrogen (secondary N) is 4. The highest BCUT2D eigenvalue weighted by Gasteiger charge is 2.24. The predicted octanol–water partition coefficient (Wildman–Crippen LogP) is -2.78. The van der Waals surface area contributed by atoms with E-state index in [0.717, 1.165) is 20.9 Å². The average Bonchev–Trinajstić information content (AvgIpc) is 3.20. The largest absolute Gasteiger partial charge is 0.480 e. The van der Waals surface area contributed by atoms with Crippen LogP contribution in [0.15, 0.2) is 60.7 Å². The highest BCUT2D eigenvalue weighted by molar-refractivity contribution is 5.90. The van der Waals surface area contributed by atoms with Gasteiger partial charge in [-0.1, -0.05) is 60.7 Å². The zero-order valence-corrected chi connectivity index (χ0v) is 33.7. The summed E-state index contributed by atoms with van der Waals surface area (Å²) in [5.74, 6) is -7.43. The number of hydrogen-bond donors (Lipinski definition) is 9. The Hall–Kier alpha value is -6.04. The summed E-state index contributed by atoms with van der Waals surface area (Å²) in [7, 11) is 0. The van der Waals surface area contributed by atoms with Crippen molar-refractivity contribution < 1.29 is 68.3 Å². The fourth-order valence-corrected chi connectivity index (χ4v) is 5.63. The molecular formula is C39H56N8O14. The first-order valence-corrected chi connectivity index (χ1v) is 19.3. The molecule has 0 saturated heterocycles. The van der Waals surface area contributed by atoms with Crippen molar-refractivity contribution >= 4 is 47.5 Å². The van der Waals surface area contributed by atoms with Crippen molar-refractivity contribution in [2.75, 3.05) is 91.9 Å². The molecule has 0 heterocycles. The zero-order valence-electron chi connectivity index (χ0n) is 33.7. The molecule has 1 unspecified atom stereocenters. The number of benzene rings is 2. The molecule has 61 heavy (non-hydrogen) atoms. The van der Waals surface area contributed by atoms with Crippen molar-refractivity contribution in [3.63, 3.8) is 0 Å². The molecule has 2 aromatic carbocycles. The van der Waals surface area contributed by atoms with E-state index in [1.54, 1.807) is 30.3 Å². The Morgan fingerprint density at radius 1 is 0.574 bits per heavy atom. The number of aliphatic carboxylic acids is 4. The number of aryl methyl sites for hydroxylation is 1. The molecule has 22 nitrogen and oxygen atoms in total. The van der Waals surface area contributed by atoms with Gasteiger partial charge in [-0.25, -0.2) is 0 Å². The lowest BCUT2D eigenvalue weighted by molar-refractivity contribution is -0.143. The Balaban J connectivity index is 1.80. The molecule has 0 fully saturated rings. The van der Waals surface area contributed by atoms with Gasteiger partial charge in [0.15, 0.2) is 0 Å². The second kappa shape index (κ2) is 29.2. The van der Waals surface area contributed by atoms with Gasteiger partial charge in [-0.3, -0.25) is 63.9 Å². The van der Waals surface area contributed by atoms with Gasteiger partial charge in [0.25, 0.3) is 11.8 Å². The van der Waals surface area contributed by atoms with Crippen LogP contribution in [0.5, 0.6) is 0 Å². The summed E-state index contributed by atoms with van der Waals surface area (Å²) < 4.78 is 10.8. The van der Waals surface area contributed by atoms with Crippen molar-refractivity contribution in [3.05, 3.63) is 71.8 Å². The van der Waals surface area contributed by atoms with Gasteiger partial charge >= 0.3 is 23.9 Å². The van der Waals surface area contributed by atoms with Gasteiger partial charge < -0.3 is 46.3 Å². The number of hydrogen-bond acceptors (Lipinski definition) is 14. The van der Waals surface area contributed by atoms with Gasteiger partial charge in [0.1, 0.15) is 12.6 Å². The minimum atomic E-state index is -1.26. The van der Waals surface area contributed by atoms with E-state index in [1.165, 1.54) is 4.90 Å². The molecule has 2 atom stereocenters. The molecule has 0 radical (unpaired) electrons. The van der Waals surface area contributed by atoms with Crippen molar-refractivity contribution in [3.8, 4) is 0 Å². The lowest BCUT2D eigenvalue weighted by atomic mass is 10.1. The number of carboxylic acid groups (broad SMARTS) is 4. The van der Waals surface area contributed by atoms with Crippen LogP contribution in [0.1, 0.15) is 17.5 Å². The monoisotopic (exact) mass is 860 g/mol. The molecule has 0 saturated carbocycles. The molecular weight excluding hydrogens is 804 g/mol. The first-order valence-electron chi connectivity index (χ1n) is 19.3. The number of rotatable bonds is 32.